The van der Waals surface area contributed by atoms with Gasteiger partial charge in [-0.1, -0.05) is 36.2 Å². The largest absolute Gasteiger partial charge is 0.338 e. The predicted octanol–water partition coefficient (Wildman–Crippen LogP) is 4.63. The second kappa shape index (κ2) is 8.13. The molecule has 7 heteroatoms. The summed E-state index contributed by atoms with van der Waals surface area (Å²) >= 11 is 6.18. The number of halogens is 1. The summed E-state index contributed by atoms with van der Waals surface area (Å²) in [4.78, 5) is 14.5. The van der Waals surface area contributed by atoms with Crippen LogP contribution in [-0.4, -0.2) is 32.3 Å². The molecule has 1 fully saturated rings. The lowest BCUT2D eigenvalue weighted by atomic mass is 9.99. The van der Waals surface area contributed by atoms with E-state index in [2.05, 4.69) is 11.6 Å². The van der Waals surface area contributed by atoms with Gasteiger partial charge < -0.3 is 4.90 Å². The number of piperidine rings is 1. The van der Waals surface area contributed by atoms with E-state index in [0.29, 0.717) is 30.3 Å². The molecule has 5 nitrogen and oxygen atoms in total. The van der Waals surface area contributed by atoms with Crippen LogP contribution in [0.2, 0.25) is 5.02 Å². The van der Waals surface area contributed by atoms with Crippen molar-refractivity contribution in [1.82, 2.24) is 4.90 Å². The highest BCUT2D eigenvalue weighted by atomic mass is 35.5. The first-order chi connectivity index (χ1) is 13.2. The molecule has 2 aromatic carbocycles. The van der Waals surface area contributed by atoms with Crippen LogP contribution in [0.5, 0.6) is 0 Å². The van der Waals surface area contributed by atoms with E-state index in [1.807, 2.05) is 26.0 Å². The average molecular weight is 421 g/mol. The summed E-state index contributed by atoms with van der Waals surface area (Å²) in [5, 5.41) is 0.0841. The lowest BCUT2D eigenvalue weighted by Crippen LogP contribution is -2.39. The molecule has 0 bridgehead atoms. The lowest BCUT2D eigenvalue weighted by Gasteiger charge is -2.31. The minimum atomic E-state index is -3.93. The Bertz CT molecular complexity index is 1000. The molecule has 0 saturated carbocycles. The zero-order valence-corrected chi connectivity index (χ0v) is 17.9. The fourth-order valence-corrected chi connectivity index (χ4v) is 5.18. The van der Waals surface area contributed by atoms with Gasteiger partial charge in [0, 0.05) is 18.7 Å². The Morgan fingerprint density at radius 3 is 2.61 bits per heavy atom. The van der Waals surface area contributed by atoms with E-state index in [1.165, 1.54) is 12.1 Å². The number of sulfonamides is 1. The van der Waals surface area contributed by atoms with Crippen molar-refractivity contribution in [3.8, 4) is 0 Å². The number of likely N-dealkylation sites (tertiary alicyclic amines) is 1. The first-order valence-electron chi connectivity index (χ1n) is 9.36. The van der Waals surface area contributed by atoms with Crippen LogP contribution in [0.15, 0.2) is 41.3 Å². The minimum absolute atomic E-state index is 0.0841. The second-order valence-electron chi connectivity index (χ2n) is 7.57. The van der Waals surface area contributed by atoms with Crippen molar-refractivity contribution in [2.45, 2.75) is 38.5 Å². The summed E-state index contributed by atoms with van der Waals surface area (Å²) < 4.78 is 28.5. The lowest BCUT2D eigenvalue weighted by molar-refractivity contribution is 0.0683. The van der Waals surface area contributed by atoms with Crippen LogP contribution in [0.4, 0.5) is 5.69 Å². The SMILES string of the molecule is Cc1ccc(NS(=O)(=O)c2cc(C(=O)N3CCC[C@H](C)C3)ccc2Cl)c(C)c1. The molecule has 150 valence electrons. The standard InChI is InChI=1S/C21H25ClN2O3S/c1-14-6-9-19(16(3)11-14)23-28(26,27)20-12-17(7-8-18(20)22)21(25)24-10-4-5-15(2)13-24/h6-9,11-12,15,23H,4-5,10,13H2,1-3H3/t15-/m0/s1. The molecule has 1 heterocycles. The molecule has 28 heavy (non-hydrogen) atoms. The van der Waals surface area contributed by atoms with Gasteiger partial charge in [-0.25, -0.2) is 8.42 Å². The Hall–Kier alpha value is -2.05. The van der Waals surface area contributed by atoms with E-state index in [1.54, 1.807) is 17.0 Å². The molecule has 1 amide bonds. The van der Waals surface area contributed by atoms with Crippen molar-refractivity contribution >= 4 is 33.2 Å². The Labute approximate surface area is 171 Å². The molecule has 0 spiro atoms. The number of nitrogens with zero attached hydrogens (tertiary/aromatic N) is 1. The molecule has 1 saturated heterocycles. The summed E-state index contributed by atoms with van der Waals surface area (Å²) in [5.74, 6) is 0.283. The molecular formula is C21H25ClN2O3S. The van der Waals surface area contributed by atoms with Gasteiger partial charge in [-0.15, -0.1) is 0 Å². The van der Waals surface area contributed by atoms with Crippen molar-refractivity contribution in [1.29, 1.82) is 0 Å². The zero-order valence-electron chi connectivity index (χ0n) is 16.3. The van der Waals surface area contributed by atoms with Gasteiger partial charge in [0.15, 0.2) is 0 Å². The smallest absolute Gasteiger partial charge is 0.263 e. The number of rotatable bonds is 4. The number of hydrogen-bond acceptors (Lipinski definition) is 3. The number of hydrogen-bond donors (Lipinski definition) is 1. The quantitative estimate of drug-likeness (QED) is 0.784. The topological polar surface area (TPSA) is 66.5 Å². The van der Waals surface area contributed by atoms with Crippen LogP contribution in [0.1, 0.15) is 41.3 Å². The third kappa shape index (κ3) is 4.50. The van der Waals surface area contributed by atoms with Crippen molar-refractivity contribution in [3.63, 3.8) is 0 Å². The van der Waals surface area contributed by atoms with Gasteiger partial charge in [0.05, 0.1) is 10.7 Å². The highest BCUT2D eigenvalue weighted by Gasteiger charge is 2.25. The van der Waals surface area contributed by atoms with Crippen molar-refractivity contribution in [2.24, 2.45) is 5.92 Å². The van der Waals surface area contributed by atoms with Crippen LogP contribution >= 0.6 is 11.6 Å². The Morgan fingerprint density at radius 1 is 1.18 bits per heavy atom. The first kappa shape index (κ1) is 20.7. The summed E-state index contributed by atoms with van der Waals surface area (Å²) in [6, 6.07) is 9.88. The molecule has 1 atom stereocenters. The first-order valence-corrected chi connectivity index (χ1v) is 11.2. The zero-order chi connectivity index (χ0) is 20.5. The fraction of sp³-hybridized carbons (Fsp3) is 0.381. The number of carbonyl (C=O) groups excluding carboxylic acids is 1. The summed E-state index contributed by atoms with van der Waals surface area (Å²) in [5.41, 5.74) is 2.68. The van der Waals surface area contributed by atoms with Crippen molar-refractivity contribution in [3.05, 3.63) is 58.1 Å². The number of carbonyl (C=O) groups is 1. The van der Waals surface area contributed by atoms with Crippen molar-refractivity contribution in [2.75, 3.05) is 17.8 Å². The summed E-state index contributed by atoms with van der Waals surface area (Å²) in [6.07, 6.45) is 2.06. The molecule has 1 aliphatic rings. The monoisotopic (exact) mass is 420 g/mol. The second-order valence-corrected chi connectivity index (χ2v) is 9.63. The van der Waals surface area contributed by atoms with Gasteiger partial charge in [0.2, 0.25) is 0 Å². The number of anilines is 1. The molecule has 0 aromatic heterocycles. The molecule has 1 N–H and O–H groups in total. The maximum atomic E-state index is 12.9. The predicted molar refractivity (Wildman–Crippen MR) is 112 cm³/mol. The molecule has 0 radical (unpaired) electrons. The Kier molecular flexibility index (Phi) is 6.01. The van der Waals surface area contributed by atoms with Crippen LogP contribution < -0.4 is 4.72 Å². The maximum Gasteiger partial charge on any atom is 0.263 e. The maximum absolute atomic E-state index is 12.9. The highest BCUT2D eigenvalue weighted by molar-refractivity contribution is 7.92. The fourth-order valence-electron chi connectivity index (χ4n) is 3.53. The number of benzene rings is 2. The highest BCUT2D eigenvalue weighted by Crippen LogP contribution is 2.28. The number of nitrogens with one attached hydrogen (secondary N) is 1. The molecule has 2 aromatic rings. The molecular weight excluding hydrogens is 396 g/mol. The van der Waals surface area contributed by atoms with E-state index < -0.39 is 10.0 Å². The normalized spacial score (nSPS) is 17.4. The Morgan fingerprint density at radius 2 is 1.93 bits per heavy atom. The molecule has 0 unspecified atom stereocenters. The van der Waals surface area contributed by atoms with Crippen LogP contribution in [0.25, 0.3) is 0 Å². The van der Waals surface area contributed by atoms with Crippen LogP contribution in [-0.2, 0) is 10.0 Å². The molecule has 1 aliphatic heterocycles. The van der Waals surface area contributed by atoms with Crippen LogP contribution in [0.3, 0.4) is 0 Å². The molecule has 3 rings (SSSR count). The van der Waals surface area contributed by atoms with Gasteiger partial charge in [-0.3, -0.25) is 9.52 Å². The number of aryl methyl sites for hydroxylation is 2. The Balaban J connectivity index is 1.90. The number of amides is 1. The van der Waals surface area contributed by atoms with Gasteiger partial charge >= 0.3 is 0 Å². The summed E-state index contributed by atoms with van der Waals surface area (Å²) in [7, 11) is -3.93. The third-order valence-corrected chi connectivity index (χ3v) is 6.89. The van der Waals surface area contributed by atoms with Gasteiger partial charge in [0.25, 0.3) is 15.9 Å². The van der Waals surface area contributed by atoms with Gasteiger partial charge in [0.1, 0.15) is 4.90 Å². The van der Waals surface area contributed by atoms with Gasteiger partial charge in [-0.05, 0) is 62.4 Å². The van der Waals surface area contributed by atoms with Gasteiger partial charge in [-0.2, -0.15) is 0 Å². The minimum Gasteiger partial charge on any atom is -0.338 e. The average Bonchev–Trinajstić information content (AvgIpc) is 2.63. The van der Waals surface area contributed by atoms with E-state index in [9.17, 15) is 13.2 Å². The van der Waals surface area contributed by atoms with Crippen LogP contribution in [0, 0.1) is 19.8 Å². The third-order valence-electron chi connectivity index (χ3n) is 5.04. The molecule has 0 aliphatic carbocycles. The summed E-state index contributed by atoms with van der Waals surface area (Å²) in [6.45, 7) is 7.27. The van der Waals surface area contributed by atoms with E-state index in [0.717, 1.165) is 24.0 Å². The van der Waals surface area contributed by atoms with E-state index >= 15 is 0 Å². The van der Waals surface area contributed by atoms with Crippen molar-refractivity contribution < 1.29 is 13.2 Å². The van der Waals surface area contributed by atoms with E-state index in [-0.39, 0.29) is 15.8 Å². The van der Waals surface area contributed by atoms with E-state index in [4.69, 9.17) is 11.6 Å².